The van der Waals surface area contributed by atoms with Crippen LogP contribution in [0, 0.1) is 0 Å². The van der Waals surface area contributed by atoms with Crippen LogP contribution in [0.3, 0.4) is 0 Å². The average molecular weight is 252 g/mol. The van der Waals surface area contributed by atoms with E-state index in [9.17, 15) is 0 Å². The zero-order chi connectivity index (χ0) is 12.8. The molecule has 1 fully saturated rings. The van der Waals surface area contributed by atoms with Gasteiger partial charge in [0.05, 0.1) is 12.6 Å². The maximum absolute atomic E-state index is 5.80. The Morgan fingerprint density at radius 3 is 2.83 bits per heavy atom. The number of aromatic nitrogens is 2. The zero-order valence-corrected chi connectivity index (χ0v) is 11.2. The van der Waals surface area contributed by atoms with E-state index in [-0.39, 0.29) is 0 Å². The lowest BCUT2D eigenvalue weighted by Gasteiger charge is -2.31. The smallest absolute Gasteiger partial charge is 0.122 e. The molecule has 0 bridgehead atoms. The van der Waals surface area contributed by atoms with E-state index in [0.29, 0.717) is 6.10 Å². The van der Waals surface area contributed by atoms with Crippen LogP contribution in [0.2, 0.25) is 0 Å². The molecule has 2 heterocycles. The van der Waals surface area contributed by atoms with Gasteiger partial charge in [-0.15, -0.1) is 0 Å². The maximum atomic E-state index is 5.80. The van der Waals surface area contributed by atoms with Crippen LogP contribution in [0.15, 0.2) is 12.4 Å². The summed E-state index contributed by atoms with van der Waals surface area (Å²) in [5, 5.41) is 0. The van der Waals surface area contributed by atoms with Crippen LogP contribution >= 0.6 is 0 Å². The highest BCUT2D eigenvalue weighted by molar-refractivity contribution is 4.91. The van der Waals surface area contributed by atoms with Gasteiger partial charge in [0.1, 0.15) is 5.82 Å². The Balaban J connectivity index is 1.69. The largest absolute Gasteiger partial charge is 0.378 e. The molecule has 0 radical (unpaired) electrons. The SMILES string of the molecule is Cn1ccnc1CN1CCC(OCCCN)CC1. The molecule has 5 heteroatoms. The number of rotatable bonds is 6. The van der Waals surface area contributed by atoms with Gasteiger partial charge in [0.25, 0.3) is 0 Å². The molecule has 1 saturated heterocycles. The van der Waals surface area contributed by atoms with Gasteiger partial charge < -0.3 is 15.0 Å². The van der Waals surface area contributed by atoms with Crippen LogP contribution in [0.1, 0.15) is 25.1 Å². The Morgan fingerprint density at radius 2 is 2.22 bits per heavy atom. The van der Waals surface area contributed by atoms with Crippen molar-refractivity contribution in [2.75, 3.05) is 26.2 Å². The van der Waals surface area contributed by atoms with Gasteiger partial charge in [-0.3, -0.25) is 4.90 Å². The lowest BCUT2D eigenvalue weighted by atomic mass is 10.1. The van der Waals surface area contributed by atoms with E-state index in [4.69, 9.17) is 10.5 Å². The minimum atomic E-state index is 0.425. The van der Waals surface area contributed by atoms with E-state index in [0.717, 1.165) is 57.9 Å². The Kier molecular flexibility index (Phi) is 5.16. The fourth-order valence-electron chi connectivity index (χ4n) is 2.32. The third-order valence-electron chi connectivity index (χ3n) is 3.52. The van der Waals surface area contributed by atoms with E-state index < -0.39 is 0 Å². The third-order valence-corrected chi connectivity index (χ3v) is 3.52. The molecule has 0 aromatic carbocycles. The molecule has 2 rings (SSSR count). The second kappa shape index (κ2) is 6.87. The molecular weight excluding hydrogens is 228 g/mol. The van der Waals surface area contributed by atoms with Crippen molar-refractivity contribution >= 4 is 0 Å². The van der Waals surface area contributed by atoms with E-state index in [1.807, 2.05) is 19.4 Å². The minimum absolute atomic E-state index is 0.425. The van der Waals surface area contributed by atoms with Crippen LogP contribution in [-0.2, 0) is 18.3 Å². The summed E-state index contributed by atoms with van der Waals surface area (Å²) < 4.78 is 7.89. The number of piperidine rings is 1. The molecule has 0 aliphatic carbocycles. The fourth-order valence-corrected chi connectivity index (χ4v) is 2.32. The van der Waals surface area contributed by atoms with Crippen LogP contribution in [0.5, 0.6) is 0 Å². The van der Waals surface area contributed by atoms with Crippen molar-refractivity contribution in [2.24, 2.45) is 12.8 Å². The molecule has 0 amide bonds. The van der Waals surface area contributed by atoms with Crippen molar-refractivity contribution in [3.05, 3.63) is 18.2 Å². The number of aryl methyl sites for hydroxylation is 1. The summed E-state index contributed by atoms with van der Waals surface area (Å²) >= 11 is 0. The van der Waals surface area contributed by atoms with Crippen molar-refractivity contribution in [3.63, 3.8) is 0 Å². The molecule has 1 aromatic rings. The highest BCUT2D eigenvalue weighted by Gasteiger charge is 2.20. The van der Waals surface area contributed by atoms with Crippen molar-refractivity contribution < 1.29 is 4.74 Å². The molecular formula is C13H24N4O. The summed E-state index contributed by atoms with van der Waals surface area (Å²) in [6.45, 7) is 4.66. The molecule has 0 saturated carbocycles. The molecule has 102 valence electrons. The first kappa shape index (κ1) is 13.5. The fraction of sp³-hybridized carbons (Fsp3) is 0.769. The summed E-state index contributed by atoms with van der Waals surface area (Å²) in [7, 11) is 2.05. The van der Waals surface area contributed by atoms with Gasteiger partial charge in [-0.2, -0.15) is 0 Å². The predicted octanol–water partition coefficient (Wildman–Crippen LogP) is 0.750. The first-order chi connectivity index (χ1) is 8.79. The van der Waals surface area contributed by atoms with Crippen LogP contribution < -0.4 is 5.73 Å². The molecule has 0 atom stereocenters. The van der Waals surface area contributed by atoms with Crippen LogP contribution in [0.4, 0.5) is 0 Å². The normalized spacial score (nSPS) is 18.3. The average Bonchev–Trinajstić information content (AvgIpc) is 2.78. The van der Waals surface area contributed by atoms with E-state index in [2.05, 4.69) is 14.5 Å². The number of imidazole rings is 1. The van der Waals surface area contributed by atoms with Gasteiger partial charge in [0.2, 0.25) is 0 Å². The van der Waals surface area contributed by atoms with Gasteiger partial charge in [0.15, 0.2) is 0 Å². The summed E-state index contributed by atoms with van der Waals surface area (Å²) in [5.74, 6) is 1.14. The second-order valence-corrected chi connectivity index (χ2v) is 4.94. The predicted molar refractivity (Wildman–Crippen MR) is 71.1 cm³/mol. The van der Waals surface area contributed by atoms with Crippen LogP contribution in [-0.4, -0.2) is 46.8 Å². The third kappa shape index (κ3) is 3.80. The van der Waals surface area contributed by atoms with Crippen molar-refractivity contribution in [1.29, 1.82) is 0 Å². The monoisotopic (exact) mass is 252 g/mol. The maximum Gasteiger partial charge on any atom is 0.122 e. The number of nitrogens with zero attached hydrogens (tertiary/aromatic N) is 3. The molecule has 5 nitrogen and oxygen atoms in total. The Morgan fingerprint density at radius 1 is 1.44 bits per heavy atom. The molecule has 18 heavy (non-hydrogen) atoms. The molecule has 1 aliphatic rings. The summed E-state index contributed by atoms with van der Waals surface area (Å²) in [6, 6.07) is 0. The number of hydrogen-bond donors (Lipinski definition) is 1. The quantitative estimate of drug-likeness (QED) is 0.759. The Hall–Kier alpha value is -0.910. The van der Waals surface area contributed by atoms with Gasteiger partial charge in [-0.1, -0.05) is 0 Å². The number of nitrogens with two attached hydrogens (primary N) is 1. The molecule has 0 spiro atoms. The molecule has 1 aliphatic heterocycles. The lowest BCUT2D eigenvalue weighted by Crippen LogP contribution is -2.37. The summed E-state index contributed by atoms with van der Waals surface area (Å²) in [4.78, 5) is 6.82. The number of likely N-dealkylation sites (tertiary alicyclic amines) is 1. The van der Waals surface area contributed by atoms with Gasteiger partial charge in [-0.25, -0.2) is 4.98 Å². The van der Waals surface area contributed by atoms with E-state index in [1.54, 1.807) is 0 Å². The van der Waals surface area contributed by atoms with E-state index in [1.165, 1.54) is 0 Å². The van der Waals surface area contributed by atoms with Gasteiger partial charge >= 0.3 is 0 Å². The Labute approximate surface area is 109 Å². The Bertz CT molecular complexity index is 345. The number of hydrogen-bond acceptors (Lipinski definition) is 4. The van der Waals surface area contributed by atoms with Gasteiger partial charge in [-0.05, 0) is 25.8 Å². The molecule has 0 unspecified atom stereocenters. The standard InChI is InChI=1S/C13H24N4O/c1-16-9-6-15-13(16)11-17-7-3-12(4-8-17)18-10-2-5-14/h6,9,12H,2-5,7-8,10-11,14H2,1H3. The molecule has 1 aromatic heterocycles. The van der Waals surface area contributed by atoms with Crippen molar-refractivity contribution in [3.8, 4) is 0 Å². The first-order valence-corrected chi connectivity index (χ1v) is 6.80. The molecule has 2 N–H and O–H groups in total. The zero-order valence-electron chi connectivity index (χ0n) is 11.2. The second-order valence-electron chi connectivity index (χ2n) is 4.94. The minimum Gasteiger partial charge on any atom is -0.378 e. The highest BCUT2D eigenvalue weighted by Crippen LogP contribution is 2.15. The number of ether oxygens (including phenoxy) is 1. The first-order valence-electron chi connectivity index (χ1n) is 6.80. The highest BCUT2D eigenvalue weighted by atomic mass is 16.5. The van der Waals surface area contributed by atoms with E-state index >= 15 is 0 Å². The summed E-state index contributed by atoms with van der Waals surface area (Å²) in [6.07, 6.45) is 7.49. The van der Waals surface area contributed by atoms with Crippen molar-refractivity contribution in [2.45, 2.75) is 31.9 Å². The lowest BCUT2D eigenvalue weighted by molar-refractivity contribution is 0.00502. The van der Waals surface area contributed by atoms with Crippen LogP contribution in [0.25, 0.3) is 0 Å². The topological polar surface area (TPSA) is 56.3 Å². The van der Waals surface area contributed by atoms with Gasteiger partial charge in [0, 0.05) is 39.1 Å². The van der Waals surface area contributed by atoms with Crippen molar-refractivity contribution in [1.82, 2.24) is 14.5 Å². The summed E-state index contributed by atoms with van der Waals surface area (Å²) in [5.41, 5.74) is 5.46.